The van der Waals surface area contributed by atoms with Crippen LogP contribution in [-0.2, 0) is 14.9 Å². The second kappa shape index (κ2) is 5.14. The van der Waals surface area contributed by atoms with Gasteiger partial charge in [0.25, 0.3) is 0 Å². The Hall–Kier alpha value is 0.160. The quantitative estimate of drug-likeness (QED) is 0.564. The largest absolute Gasteiger partial charge is 0.284 e. The molecule has 78 valence electrons. The van der Waals surface area contributed by atoms with Gasteiger partial charge in [0.05, 0.1) is 11.9 Å². The highest BCUT2D eigenvalue weighted by Gasteiger charge is 2.18. The molecule has 1 aliphatic carbocycles. The molecule has 0 aromatic heterocycles. The van der Waals surface area contributed by atoms with Crippen LogP contribution in [0.4, 0.5) is 0 Å². The van der Waals surface area contributed by atoms with Gasteiger partial charge in [-0.25, -0.2) is 8.42 Å². The Balaban J connectivity index is 2.24. The Kier molecular flexibility index (Phi) is 4.45. The van der Waals surface area contributed by atoms with Crippen LogP contribution in [0.2, 0.25) is 0 Å². The Morgan fingerprint density at radius 1 is 1.38 bits per heavy atom. The van der Waals surface area contributed by atoms with Gasteiger partial charge in [-0.2, -0.15) is 0 Å². The topological polar surface area (TPSA) is 55.4 Å². The van der Waals surface area contributed by atoms with Crippen LogP contribution in [0.1, 0.15) is 25.7 Å². The van der Waals surface area contributed by atoms with Gasteiger partial charge in [-0.05, 0) is 12.8 Å². The van der Waals surface area contributed by atoms with Crippen molar-refractivity contribution in [2.75, 3.05) is 11.6 Å². The molecule has 4 nitrogen and oxygen atoms in total. The number of hydrogen-bond acceptors (Lipinski definition) is 3. The fraction of sp³-hybridized carbons (Fsp3) is 1.00. The third-order valence-electron chi connectivity index (χ3n) is 1.99. The third kappa shape index (κ3) is 4.26. The summed E-state index contributed by atoms with van der Waals surface area (Å²) in [5.41, 5.74) is 0. The van der Waals surface area contributed by atoms with E-state index in [1.54, 1.807) is 0 Å². The van der Waals surface area contributed by atoms with E-state index in [9.17, 15) is 8.42 Å². The Morgan fingerprint density at radius 3 is 2.54 bits per heavy atom. The maximum absolute atomic E-state index is 11.1. The molecule has 1 saturated carbocycles. The highest BCUT2D eigenvalue weighted by atomic mass is 35.5. The van der Waals surface area contributed by atoms with E-state index < -0.39 is 10.0 Å². The van der Waals surface area contributed by atoms with Gasteiger partial charge in [-0.3, -0.25) is 4.84 Å². The summed E-state index contributed by atoms with van der Waals surface area (Å²) in [6, 6.07) is 0. The van der Waals surface area contributed by atoms with E-state index in [-0.39, 0.29) is 17.7 Å². The summed E-state index contributed by atoms with van der Waals surface area (Å²) in [6.07, 6.45) is 4.14. The summed E-state index contributed by atoms with van der Waals surface area (Å²) in [7, 11) is -3.32. The van der Waals surface area contributed by atoms with Gasteiger partial charge in [0, 0.05) is 5.88 Å². The number of rotatable bonds is 5. The lowest BCUT2D eigenvalue weighted by Crippen LogP contribution is -2.30. The molecule has 0 aromatic carbocycles. The standard InChI is InChI=1S/C7H14ClNO3S/c8-5-6-13(10,11)9-12-7-3-1-2-4-7/h7,9H,1-6H2. The van der Waals surface area contributed by atoms with Crippen LogP contribution in [0.3, 0.4) is 0 Å². The first-order valence-electron chi connectivity index (χ1n) is 4.35. The van der Waals surface area contributed by atoms with Gasteiger partial charge in [-0.1, -0.05) is 17.7 Å². The van der Waals surface area contributed by atoms with Gasteiger partial charge in [-0.15, -0.1) is 11.6 Å². The SMILES string of the molecule is O=S(=O)(CCCl)NOC1CCCC1. The maximum Gasteiger partial charge on any atom is 0.234 e. The van der Waals surface area contributed by atoms with Gasteiger partial charge in [0.2, 0.25) is 10.0 Å². The van der Waals surface area contributed by atoms with Crippen LogP contribution in [0.15, 0.2) is 0 Å². The minimum atomic E-state index is -3.32. The van der Waals surface area contributed by atoms with Gasteiger partial charge in [0.15, 0.2) is 0 Å². The molecule has 1 N–H and O–H groups in total. The van der Waals surface area contributed by atoms with Crippen LogP contribution in [-0.4, -0.2) is 26.2 Å². The van der Waals surface area contributed by atoms with Crippen molar-refractivity contribution in [3.8, 4) is 0 Å². The zero-order valence-electron chi connectivity index (χ0n) is 7.33. The first kappa shape index (κ1) is 11.2. The molecule has 6 heteroatoms. The summed E-state index contributed by atoms with van der Waals surface area (Å²) in [5, 5.41) is 0. The van der Waals surface area contributed by atoms with Crippen LogP contribution < -0.4 is 4.89 Å². The number of sulfonamides is 1. The molecule has 13 heavy (non-hydrogen) atoms. The first-order valence-corrected chi connectivity index (χ1v) is 6.54. The molecular formula is C7H14ClNO3S. The van der Waals surface area contributed by atoms with E-state index in [2.05, 4.69) is 4.89 Å². The fourth-order valence-electron chi connectivity index (χ4n) is 1.29. The maximum atomic E-state index is 11.1. The second-order valence-electron chi connectivity index (χ2n) is 3.12. The Morgan fingerprint density at radius 2 is 2.00 bits per heavy atom. The lowest BCUT2D eigenvalue weighted by molar-refractivity contribution is 0.0224. The molecular weight excluding hydrogens is 214 g/mol. The smallest absolute Gasteiger partial charge is 0.234 e. The molecule has 0 aromatic rings. The minimum absolute atomic E-state index is 0.0464. The minimum Gasteiger partial charge on any atom is -0.284 e. The van der Waals surface area contributed by atoms with E-state index >= 15 is 0 Å². The molecule has 0 amide bonds. The monoisotopic (exact) mass is 227 g/mol. The van der Waals surface area contributed by atoms with Crippen molar-refractivity contribution < 1.29 is 13.3 Å². The zero-order valence-corrected chi connectivity index (χ0v) is 8.90. The van der Waals surface area contributed by atoms with Crippen LogP contribution in [0.5, 0.6) is 0 Å². The molecule has 0 saturated heterocycles. The molecule has 0 heterocycles. The highest BCUT2D eigenvalue weighted by molar-refractivity contribution is 7.89. The predicted octanol–water partition coefficient (Wildman–Crippen LogP) is 1.02. The summed E-state index contributed by atoms with van der Waals surface area (Å²) in [6.45, 7) is 0. The van der Waals surface area contributed by atoms with Crippen molar-refractivity contribution in [2.24, 2.45) is 0 Å². The predicted molar refractivity (Wildman–Crippen MR) is 51.0 cm³/mol. The Labute approximate surface area is 83.6 Å². The van der Waals surface area contributed by atoms with Crippen LogP contribution >= 0.6 is 11.6 Å². The molecule has 1 fully saturated rings. The van der Waals surface area contributed by atoms with E-state index in [4.69, 9.17) is 16.4 Å². The second-order valence-corrected chi connectivity index (χ2v) is 5.30. The molecule has 0 atom stereocenters. The normalized spacial score (nSPS) is 19.5. The molecule has 0 spiro atoms. The van der Waals surface area contributed by atoms with Crippen molar-refractivity contribution in [3.63, 3.8) is 0 Å². The summed E-state index contributed by atoms with van der Waals surface area (Å²) < 4.78 is 22.1. The summed E-state index contributed by atoms with van der Waals surface area (Å²) in [5.74, 6) is -0.00929. The molecule has 1 rings (SSSR count). The fourth-order valence-corrected chi connectivity index (χ4v) is 2.47. The summed E-state index contributed by atoms with van der Waals surface area (Å²) in [4.78, 5) is 7.11. The van der Waals surface area contributed by atoms with Crippen LogP contribution in [0, 0.1) is 0 Å². The zero-order chi connectivity index (χ0) is 9.73. The molecule has 0 radical (unpaired) electrons. The van der Waals surface area contributed by atoms with E-state index in [0.717, 1.165) is 25.7 Å². The van der Waals surface area contributed by atoms with Crippen molar-refractivity contribution >= 4 is 21.6 Å². The van der Waals surface area contributed by atoms with E-state index in [1.165, 1.54) is 0 Å². The molecule has 0 aliphatic heterocycles. The number of nitrogens with one attached hydrogen (secondary N) is 1. The average Bonchev–Trinajstić information content (AvgIpc) is 2.52. The van der Waals surface area contributed by atoms with Crippen molar-refractivity contribution in [3.05, 3.63) is 0 Å². The van der Waals surface area contributed by atoms with Gasteiger partial charge in [0.1, 0.15) is 0 Å². The average molecular weight is 228 g/mol. The first-order chi connectivity index (χ1) is 6.14. The summed E-state index contributed by atoms with van der Waals surface area (Å²) >= 11 is 5.31. The number of halogens is 1. The molecule has 0 unspecified atom stereocenters. The lowest BCUT2D eigenvalue weighted by atomic mass is 10.3. The third-order valence-corrected chi connectivity index (χ3v) is 3.49. The highest BCUT2D eigenvalue weighted by Crippen LogP contribution is 2.19. The number of hydrogen-bond donors (Lipinski definition) is 1. The number of alkyl halides is 1. The van der Waals surface area contributed by atoms with Crippen molar-refractivity contribution in [2.45, 2.75) is 31.8 Å². The molecule has 1 aliphatic rings. The molecule has 0 bridgehead atoms. The van der Waals surface area contributed by atoms with Gasteiger partial charge < -0.3 is 0 Å². The Bertz CT molecular complexity index is 236. The van der Waals surface area contributed by atoms with E-state index in [1.807, 2.05) is 0 Å². The van der Waals surface area contributed by atoms with Crippen molar-refractivity contribution in [1.29, 1.82) is 0 Å². The van der Waals surface area contributed by atoms with Crippen molar-refractivity contribution in [1.82, 2.24) is 4.89 Å². The van der Waals surface area contributed by atoms with Gasteiger partial charge >= 0.3 is 0 Å². The lowest BCUT2D eigenvalue weighted by Gasteiger charge is -2.10. The van der Waals surface area contributed by atoms with Crippen LogP contribution in [0.25, 0.3) is 0 Å². The van der Waals surface area contributed by atoms with E-state index in [0.29, 0.717) is 0 Å².